The van der Waals surface area contributed by atoms with E-state index < -0.39 is 11.0 Å². The normalized spacial score (nSPS) is 12.0. The number of benzene rings is 2. The third-order valence-corrected chi connectivity index (χ3v) is 4.07. The minimum Gasteiger partial charge on any atom is -0.387 e. The maximum Gasteiger partial charge on any atom is 0.271 e. The summed E-state index contributed by atoms with van der Waals surface area (Å²) in [4.78, 5) is 22.4. The number of hydrogen-bond acceptors (Lipinski definition) is 5. The number of hydrogen-bond donors (Lipinski definition) is 2. The number of aliphatic hydroxyl groups is 1. The van der Waals surface area contributed by atoms with Crippen molar-refractivity contribution in [1.82, 2.24) is 15.1 Å². The van der Waals surface area contributed by atoms with Gasteiger partial charge in [0.25, 0.3) is 5.69 Å². The first-order chi connectivity index (χ1) is 12.5. The summed E-state index contributed by atoms with van der Waals surface area (Å²) in [5.74, 6) is -0.228. The van der Waals surface area contributed by atoms with Crippen LogP contribution in [0.2, 0.25) is 0 Å². The number of aliphatic hydroxyl groups excluding tert-OH is 1. The van der Waals surface area contributed by atoms with Gasteiger partial charge < -0.3 is 10.4 Å². The molecule has 0 aliphatic carbocycles. The minimum absolute atomic E-state index is 0.0188. The fourth-order valence-corrected chi connectivity index (χ4v) is 2.65. The van der Waals surface area contributed by atoms with Crippen molar-refractivity contribution in [3.63, 3.8) is 0 Å². The van der Waals surface area contributed by atoms with Crippen molar-refractivity contribution in [1.29, 1.82) is 0 Å². The molecule has 2 aromatic carbocycles. The van der Waals surface area contributed by atoms with Gasteiger partial charge in [-0.15, -0.1) is 0 Å². The standard InChI is InChI=1S/C18H18N4O4/c23-17(13-4-2-1-3-5-13)12-19-18(24)8-9-21-16-10-15(22(25)26)7-6-14(16)11-20-21/h1-7,10-11,17,23H,8-9,12H2,(H,19,24). The van der Waals surface area contributed by atoms with Gasteiger partial charge in [-0.3, -0.25) is 19.6 Å². The average Bonchev–Trinajstić information content (AvgIpc) is 3.07. The molecule has 26 heavy (non-hydrogen) atoms. The Balaban J connectivity index is 1.57. The monoisotopic (exact) mass is 354 g/mol. The molecule has 1 amide bonds. The van der Waals surface area contributed by atoms with Gasteiger partial charge in [0, 0.05) is 30.5 Å². The van der Waals surface area contributed by atoms with E-state index in [2.05, 4.69) is 10.4 Å². The van der Waals surface area contributed by atoms with Crippen LogP contribution >= 0.6 is 0 Å². The summed E-state index contributed by atoms with van der Waals surface area (Å²) in [5, 5.41) is 28.6. The Morgan fingerprint density at radius 3 is 2.77 bits per heavy atom. The van der Waals surface area contributed by atoms with E-state index in [9.17, 15) is 20.0 Å². The molecule has 0 spiro atoms. The lowest BCUT2D eigenvalue weighted by Crippen LogP contribution is -2.29. The Kier molecular flexibility index (Phi) is 5.23. The summed E-state index contributed by atoms with van der Waals surface area (Å²) in [6, 6.07) is 13.6. The van der Waals surface area contributed by atoms with E-state index in [0.29, 0.717) is 5.52 Å². The molecule has 0 bridgehead atoms. The summed E-state index contributed by atoms with van der Waals surface area (Å²) in [6.07, 6.45) is 0.991. The lowest BCUT2D eigenvalue weighted by atomic mass is 10.1. The lowest BCUT2D eigenvalue weighted by molar-refractivity contribution is -0.384. The number of rotatable bonds is 7. The van der Waals surface area contributed by atoms with Gasteiger partial charge >= 0.3 is 0 Å². The highest BCUT2D eigenvalue weighted by molar-refractivity contribution is 5.81. The lowest BCUT2D eigenvalue weighted by Gasteiger charge is -2.12. The van der Waals surface area contributed by atoms with E-state index in [1.807, 2.05) is 18.2 Å². The summed E-state index contributed by atoms with van der Waals surface area (Å²) in [5.41, 5.74) is 1.32. The topological polar surface area (TPSA) is 110 Å². The number of carbonyl (C=O) groups excluding carboxylic acids is 1. The fraction of sp³-hybridized carbons (Fsp3) is 0.222. The molecule has 3 aromatic rings. The number of fused-ring (bicyclic) bond motifs is 1. The average molecular weight is 354 g/mol. The van der Waals surface area contributed by atoms with Gasteiger partial charge in [0.15, 0.2) is 0 Å². The maximum atomic E-state index is 12.0. The van der Waals surface area contributed by atoms with Crippen LogP contribution in [0.3, 0.4) is 0 Å². The predicted octanol–water partition coefficient (Wildman–Crippen LogP) is 2.18. The largest absolute Gasteiger partial charge is 0.387 e. The van der Waals surface area contributed by atoms with Crippen LogP contribution < -0.4 is 5.32 Å². The minimum atomic E-state index is -0.770. The number of nitrogens with zero attached hydrogens (tertiary/aromatic N) is 3. The van der Waals surface area contributed by atoms with Crippen molar-refractivity contribution in [3.05, 3.63) is 70.4 Å². The third kappa shape index (κ3) is 4.04. The highest BCUT2D eigenvalue weighted by Crippen LogP contribution is 2.20. The molecule has 0 aliphatic heterocycles. The second-order valence-corrected chi connectivity index (χ2v) is 5.85. The van der Waals surface area contributed by atoms with E-state index in [1.165, 1.54) is 12.1 Å². The molecule has 1 heterocycles. The van der Waals surface area contributed by atoms with Crippen molar-refractivity contribution < 1.29 is 14.8 Å². The number of nitro benzene ring substituents is 1. The van der Waals surface area contributed by atoms with Crippen molar-refractivity contribution >= 4 is 22.5 Å². The van der Waals surface area contributed by atoms with Crippen molar-refractivity contribution in [2.45, 2.75) is 19.1 Å². The highest BCUT2D eigenvalue weighted by atomic mass is 16.6. The summed E-state index contributed by atoms with van der Waals surface area (Å²) >= 11 is 0. The van der Waals surface area contributed by atoms with Crippen LogP contribution in [-0.2, 0) is 11.3 Å². The molecule has 0 radical (unpaired) electrons. The molecule has 1 unspecified atom stereocenters. The van der Waals surface area contributed by atoms with Crippen LogP contribution in [0, 0.1) is 10.1 Å². The first kappa shape index (κ1) is 17.6. The zero-order valence-corrected chi connectivity index (χ0v) is 13.9. The fourth-order valence-electron chi connectivity index (χ4n) is 2.65. The second-order valence-electron chi connectivity index (χ2n) is 5.85. The number of aromatic nitrogens is 2. The van der Waals surface area contributed by atoms with Gasteiger partial charge in [-0.25, -0.2) is 0 Å². The smallest absolute Gasteiger partial charge is 0.271 e. The summed E-state index contributed by atoms with van der Waals surface area (Å²) < 4.78 is 1.57. The Hall–Kier alpha value is -3.26. The van der Waals surface area contributed by atoms with Gasteiger partial charge in [-0.05, 0) is 11.6 Å². The third-order valence-electron chi connectivity index (χ3n) is 4.07. The number of carbonyl (C=O) groups is 1. The van der Waals surface area contributed by atoms with Gasteiger partial charge in [-0.1, -0.05) is 30.3 Å². The summed E-state index contributed by atoms with van der Waals surface area (Å²) in [6.45, 7) is 0.409. The van der Waals surface area contributed by atoms with E-state index in [-0.39, 0.29) is 31.1 Å². The Morgan fingerprint density at radius 2 is 2.04 bits per heavy atom. The van der Waals surface area contributed by atoms with E-state index >= 15 is 0 Å². The predicted molar refractivity (Wildman–Crippen MR) is 95.4 cm³/mol. The molecule has 1 atom stereocenters. The SMILES string of the molecule is O=C(CCn1ncc2ccc([N+](=O)[O-])cc21)NCC(O)c1ccccc1. The molecule has 8 heteroatoms. The van der Waals surface area contributed by atoms with Crippen LogP contribution in [0.25, 0.3) is 10.9 Å². The maximum absolute atomic E-state index is 12.0. The first-order valence-electron chi connectivity index (χ1n) is 8.14. The number of nitrogens with one attached hydrogen (secondary N) is 1. The van der Waals surface area contributed by atoms with E-state index in [0.717, 1.165) is 10.9 Å². The molecule has 0 fully saturated rings. The molecule has 8 nitrogen and oxygen atoms in total. The molecule has 134 valence electrons. The van der Waals surface area contributed by atoms with Crippen LogP contribution in [0.1, 0.15) is 18.1 Å². The molecule has 3 rings (SSSR count). The van der Waals surface area contributed by atoms with Crippen molar-refractivity contribution in [2.24, 2.45) is 0 Å². The molecule has 0 saturated carbocycles. The van der Waals surface area contributed by atoms with Crippen LogP contribution in [0.15, 0.2) is 54.7 Å². The molecule has 1 aromatic heterocycles. The van der Waals surface area contributed by atoms with Gasteiger partial charge in [0.05, 0.1) is 29.3 Å². The van der Waals surface area contributed by atoms with Crippen LogP contribution in [0.4, 0.5) is 5.69 Å². The van der Waals surface area contributed by atoms with Crippen LogP contribution in [-0.4, -0.2) is 32.3 Å². The second kappa shape index (κ2) is 7.75. The molecule has 0 saturated heterocycles. The number of aryl methyl sites for hydroxylation is 1. The van der Waals surface area contributed by atoms with Gasteiger partial charge in [0.1, 0.15) is 0 Å². The quantitative estimate of drug-likeness (QED) is 0.499. The molecule has 0 aliphatic rings. The Morgan fingerprint density at radius 1 is 1.27 bits per heavy atom. The van der Waals surface area contributed by atoms with Crippen molar-refractivity contribution in [3.8, 4) is 0 Å². The van der Waals surface area contributed by atoms with Crippen molar-refractivity contribution in [2.75, 3.05) is 6.54 Å². The molecule has 2 N–H and O–H groups in total. The summed E-state index contributed by atoms with van der Waals surface area (Å²) in [7, 11) is 0. The number of amides is 1. The number of nitro groups is 1. The number of non-ortho nitro benzene ring substituents is 1. The first-order valence-corrected chi connectivity index (χ1v) is 8.14. The zero-order chi connectivity index (χ0) is 18.5. The molecular weight excluding hydrogens is 336 g/mol. The van der Waals surface area contributed by atoms with Gasteiger partial charge in [0.2, 0.25) is 5.91 Å². The van der Waals surface area contributed by atoms with Crippen LogP contribution in [0.5, 0.6) is 0 Å². The Labute approximate surface area is 149 Å². The van der Waals surface area contributed by atoms with Gasteiger partial charge in [-0.2, -0.15) is 5.10 Å². The van der Waals surface area contributed by atoms with E-state index in [1.54, 1.807) is 29.1 Å². The Bertz CT molecular complexity index is 923. The highest BCUT2D eigenvalue weighted by Gasteiger charge is 2.12. The molecular formula is C18H18N4O4. The van der Waals surface area contributed by atoms with E-state index in [4.69, 9.17) is 0 Å². The zero-order valence-electron chi connectivity index (χ0n) is 13.9.